The number of methoxy groups -OCH3 is 1. The zero-order valence-electron chi connectivity index (χ0n) is 19.0. The Morgan fingerprint density at radius 1 is 1.06 bits per heavy atom. The molecule has 172 valence electrons. The first kappa shape index (κ1) is 23.9. The van der Waals surface area contributed by atoms with Crippen LogP contribution >= 0.6 is 11.8 Å². The molecule has 1 atom stereocenters. The number of tetrazole rings is 1. The van der Waals surface area contributed by atoms with E-state index in [4.69, 9.17) is 4.74 Å². The number of nitrogens with one attached hydrogen (secondary N) is 3. The molecule has 0 radical (unpaired) electrons. The van der Waals surface area contributed by atoms with Crippen molar-refractivity contribution in [2.75, 3.05) is 36.8 Å². The van der Waals surface area contributed by atoms with Crippen LogP contribution in [0.4, 0.5) is 17.6 Å². The lowest BCUT2D eigenvalue weighted by atomic mass is 10.00. The number of hydrogen-bond donors (Lipinski definition) is 3. The van der Waals surface area contributed by atoms with E-state index >= 15 is 0 Å². The molecule has 11 heteroatoms. The summed E-state index contributed by atoms with van der Waals surface area (Å²) < 4.78 is 5.46. The number of nitrogens with zero attached hydrogens (tertiary/aromatic N) is 6. The van der Waals surface area contributed by atoms with Gasteiger partial charge in [-0.15, -0.1) is 5.10 Å². The van der Waals surface area contributed by atoms with Crippen LogP contribution in [0.25, 0.3) is 11.3 Å². The molecule has 4 rings (SSSR count). The first-order chi connectivity index (χ1) is 16.1. The van der Waals surface area contributed by atoms with E-state index in [0.717, 1.165) is 28.4 Å². The van der Waals surface area contributed by atoms with Gasteiger partial charge < -0.3 is 15.4 Å². The zero-order chi connectivity index (χ0) is 23.5. The van der Waals surface area contributed by atoms with Crippen LogP contribution in [-0.4, -0.2) is 61.7 Å². The van der Waals surface area contributed by atoms with Crippen molar-refractivity contribution in [3.05, 3.63) is 60.6 Å². The molecule has 0 aliphatic carbocycles. The molecular weight excluding hydrogens is 438 g/mol. The number of thioether (sulfide) groups is 1. The molecule has 0 saturated heterocycles. The number of H-pyrrole nitrogens is 1. The fourth-order valence-electron chi connectivity index (χ4n) is 3.00. The minimum atomic E-state index is 0.247. The van der Waals surface area contributed by atoms with Gasteiger partial charge in [0.1, 0.15) is 23.7 Å². The number of aromatic amines is 1. The van der Waals surface area contributed by atoms with Gasteiger partial charge in [0.05, 0.1) is 12.8 Å². The maximum atomic E-state index is 5.46. The van der Waals surface area contributed by atoms with Crippen LogP contribution in [0.15, 0.2) is 55.0 Å². The van der Waals surface area contributed by atoms with Crippen molar-refractivity contribution in [3.8, 4) is 17.0 Å². The van der Waals surface area contributed by atoms with Crippen molar-refractivity contribution in [2.45, 2.75) is 12.8 Å². The summed E-state index contributed by atoms with van der Waals surface area (Å²) in [7, 11) is 1.69. The Morgan fingerprint density at radius 2 is 1.88 bits per heavy atom. The Hall–Kier alpha value is -3.73. The third-order valence-electron chi connectivity index (χ3n) is 4.57. The second-order valence-corrected chi connectivity index (χ2v) is 7.83. The van der Waals surface area contributed by atoms with Crippen LogP contribution in [0.1, 0.15) is 18.4 Å². The van der Waals surface area contributed by atoms with Gasteiger partial charge in [0.15, 0.2) is 0 Å². The predicted molar refractivity (Wildman–Crippen MR) is 132 cm³/mol. The van der Waals surface area contributed by atoms with E-state index in [1.807, 2.05) is 48.9 Å². The summed E-state index contributed by atoms with van der Waals surface area (Å²) in [6.07, 6.45) is 7.35. The van der Waals surface area contributed by atoms with Gasteiger partial charge in [-0.3, -0.25) is 0 Å². The summed E-state index contributed by atoms with van der Waals surface area (Å²) in [6, 6.07) is 13.7. The number of aromatic nitrogens is 7. The van der Waals surface area contributed by atoms with Gasteiger partial charge in [0.2, 0.25) is 0 Å². The number of hydrogen-bond acceptors (Lipinski definition) is 10. The largest absolute Gasteiger partial charge is 0.496 e. The van der Waals surface area contributed by atoms with E-state index in [-0.39, 0.29) is 5.92 Å². The first-order valence-corrected chi connectivity index (χ1v) is 11.8. The number of pyridine rings is 1. The normalized spacial score (nSPS) is 11.2. The van der Waals surface area contributed by atoms with Crippen LogP contribution in [0, 0.1) is 0 Å². The summed E-state index contributed by atoms with van der Waals surface area (Å²) in [5, 5.41) is 19.9. The summed E-state index contributed by atoms with van der Waals surface area (Å²) in [4.78, 5) is 13.0. The lowest BCUT2D eigenvalue weighted by Gasteiger charge is -2.16. The molecule has 0 aliphatic heterocycles. The summed E-state index contributed by atoms with van der Waals surface area (Å²) >= 11 is 1.75. The van der Waals surface area contributed by atoms with E-state index < -0.39 is 0 Å². The molecule has 3 heterocycles. The average Bonchev–Trinajstić information content (AvgIpc) is 3.37. The van der Waals surface area contributed by atoms with E-state index in [2.05, 4.69) is 59.2 Å². The third kappa shape index (κ3) is 6.88. The fourth-order valence-corrected chi connectivity index (χ4v) is 3.00. The number of benzene rings is 1. The van der Waals surface area contributed by atoms with Crippen LogP contribution < -0.4 is 15.4 Å². The van der Waals surface area contributed by atoms with Crippen molar-refractivity contribution < 1.29 is 4.74 Å². The third-order valence-corrected chi connectivity index (χ3v) is 4.57. The molecule has 0 fully saturated rings. The molecule has 0 bridgehead atoms. The second kappa shape index (κ2) is 12.3. The number of para-hydroxylation sites is 1. The standard InChI is InChI=1S/C20H21N9O.C2H6S/c1-13(15-5-3-4-6-17(15)30-2)10-21-19-9-16(23-12-24-19)14-7-8-18(22-11-14)25-20-26-28-29-27-20;1-3-2/h3-9,11-13H,10H2,1-2H3,(H,21,23,24)(H2,22,25,26,27,28,29);1-2H3/t13-;/m1./s1. The lowest BCUT2D eigenvalue weighted by Crippen LogP contribution is -2.12. The van der Waals surface area contributed by atoms with E-state index in [9.17, 15) is 0 Å². The highest BCUT2D eigenvalue weighted by Gasteiger charge is 2.11. The Balaban J connectivity index is 0.000000968. The number of anilines is 3. The van der Waals surface area contributed by atoms with Crippen LogP contribution in [0.2, 0.25) is 0 Å². The van der Waals surface area contributed by atoms with Gasteiger partial charge in [-0.1, -0.05) is 30.2 Å². The molecule has 4 aromatic rings. The Bertz CT molecular complexity index is 1110. The van der Waals surface area contributed by atoms with Crippen molar-refractivity contribution >= 4 is 29.3 Å². The predicted octanol–water partition coefficient (Wildman–Crippen LogP) is 4.00. The Morgan fingerprint density at radius 3 is 2.58 bits per heavy atom. The molecule has 0 aliphatic rings. The van der Waals surface area contributed by atoms with Crippen LogP contribution in [0.3, 0.4) is 0 Å². The Labute approximate surface area is 197 Å². The maximum absolute atomic E-state index is 5.46. The SMILES string of the molecule is COc1ccccc1[C@H](C)CNc1cc(-c2ccc(Nc3nn[nH]n3)nc2)ncn1.CSC. The number of rotatable bonds is 8. The summed E-state index contributed by atoms with van der Waals surface area (Å²) in [5.41, 5.74) is 2.80. The minimum Gasteiger partial charge on any atom is -0.496 e. The second-order valence-electron chi connectivity index (χ2n) is 7.01. The monoisotopic (exact) mass is 465 g/mol. The zero-order valence-corrected chi connectivity index (χ0v) is 19.8. The van der Waals surface area contributed by atoms with Crippen LogP contribution in [0.5, 0.6) is 5.75 Å². The van der Waals surface area contributed by atoms with Crippen molar-refractivity contribution in [2.24, 2.45) is 0 Å². The maximum Gasteiger partial charge on any atom is 0.268 e. The first-order valence-electron chi connectivity index (χ1n) is 10.2. The molecule has 33 heavy (non-hydrogen) atoms. The lowest BCUT2D eigenvalue weighted by molar-refractivity contribution is 0.407. The highest BCUT2D eigenvalue weighted by Crippen LogP contribution is 2.26. The van der Waals surface area contributed by atoms with Gasteiger partial charge in [-0.25, -0.2) is 15.0 Å². The summed E-state index contributed by atoms with van der Waals surface area (Å²) in [5.74, 6) is 2.84. The van der Waals surface area contributed by atoms with E-state index in [1.54, 1.807) is 25.1 Å². The molecule has 3 aromatic heterocycles. The Kier molecular flexibility index (Phi) is 8.95. The van der Waals surface area contributed by atoms with Crippen molar-refractivity contribution in [1.82, 2.24) is 35.6 Å². The van der Waals surface area contributed by atoms with Gasteiger partial charge in [-0.2, -0.15) is 17.0 Å². The molecule has 1 aromatic carbocycles. The summed E-state index contributed by atoms with van der Waals surface area (Å²) in [6.45, 7) is 2.86. The molecule has 10 nitrogen and oxygen atoms in total. The van der Waals surface area contributed by atoms with Gasteiger partial charge in [0, 0.05) is 30.3 Å². The van der Waals surface area contributed by atoms with Crippen LogP contribution in [-0.2, 0) is 0 Å². The minimum absolute atomic E-state index is 0.247. The van der Waals surface area contributed by atoms with Crippen molar-refractivity contribution in [3.63, 3.8) is 0 Å². The van der Waals surface area contributed by atoms with Gasteiger partial charge in [-0.05, 0) is 41.5 Å². The smallest absolute Gasteiger partial charge is 0.268 e. The molecular formula is C22H27N9OS. The van der Waals surface area contributed by atoms with E-state index in [1.165, 1.54) is 6.33 Å². The highest BCUT2D eigenvalue weighted by molar-refractivity contribution is 7.97. The highest BCUT2D eigenvalue weighted by atomic mass is 32.2. The van der Waals surface area contributed by atoms with Crippen molar-refractivity contribution in [1.29, 1.82) is 0 Å². The molecule has 0 amide bonds. The van der Waals surface area contributed by atoms with Gasteiger partial charge in [0.25, 0.3) is 5.95 Å². The average molecular weight is 466 g/mol. The topological polar surface area (TPSA) is 126 Å². The molecule has 0 saturated carbocycles. The molecule has 3 N–H and O–H groups in total. The quantitative estimate of drug-likeness (QED) is 0.351. The number of ether oxygens (including phenoxy) is 1. The molecule has 0 spiro atoms. The van der Waals surface area contributed by atoms with Gasteiger partial charge >= 0.3 is 0 Å². The molecule has 0 unspecified atom stereocenters. The fraction of sp³-hybridized carbons (Fsp3) is 0.273. The van der Waals surface area contributed by atoms with E-state index in [0.29, 0.717) is 18.3 Å².